The fourth-order valence-corrected chi connectivity index (χ4v) is 8.57. The number of aryl methyl sites for hydroxylation is 1. The Bertz CT molecular complexity index is 2130. The third kappa shape index (κ3) is 6.43. The zero-order valence-corrected chi connectivity index (χ0v) is 29.2. The first-order valence-electron chi connectivity index (χ1n) is 15.7. The summed E-state index contributed by atoms with van der Waals surface area (Å²) in [5.74, 6) is -6.33. The molecule has 1 aromatic carbocycles. The van der Waals surface area contributed by atoms with Crippen molar-refractivity contribution in [3.8, 4) is 0 Å². The number of pyridine rings is 1. The molecule has 0 saturated carbocycles. The molecule has 0 bridgehead atoms. The van der Waals surface area contributed by atoms with Crippen molar-refractivity contribution in [1.82, 2.24) is 19.8 Å². The number of aromatic nitrogens is 2. The number of thiazole rings is 1. The van der Waals surface area contributed by atoms with Crippen molar-refractivity contribution in [3.63, 3.8) is 0 Å². The normalized spacial score (nSPS) is 20.1. The van der Waals surface area contributed by atoms with E-state index in [9.17, 15) is 38.6 Å². The second-order valence-corrected chi connectivity index (χ2v) is 14.5. The number of nitrogens with zero attached hydrogens (tertiary/aromatic N) is 6. The van der Waals surface area contributed by atoms with E-state index in [1.54, 1.807) is 0 Å². The molecule has 3 aromatic rings. The summed E-state index contributed by atoms with van der Waals surface area (Å²) in [6.07, 6.45) is 0.840. The SMILES string of the molecule is CO/N=C(\C(=O)N[C@@H]1C(=O)N2C(C(=O)O)=C(C[N+]3(C)CCN(c4c(F)cc5c(=O)c(C(=O)O)cn(CCF)c5c4F)CC3)CS[C@H]12)c1csc(N)n1. The Morgan fingerprint density at radius 2 is 1.90 bits per heavy atom. The lowest BCUT2D eigenvalue weighted by Crippen LogP contribution is -2.71. The number of hydrogen-bond donors (Lipinski definition) is 4. The molecule has 2 amide bonds. The number of anilines is 2. The van der Waals surface area contributed by atoms with Crippen LogP contribution in [0.5, 0.6) is 0 Å². The number of carbonyl (C=O) groups excluding carboxylic acids is 2. The molecule has 16 nitrogen and oxygen atoms in total. The van der Waals surface area contributed by atoms with Crippen LogP contribution in [0.2, 0.25) is 0 Å². The van der Waals surface area contributed by atoms with E-state index < -0.39 is 87.6 Å². The Labute approximate surface area is 300 Å². The number of rotatable bonds is 11. The van der Waals surface area contributed by atoms with Gasteiger partial charge in [-0.25, -0.2) is 27.7 Å². The molecule has 0 spiro atoms. The van der Waals surface area contributed by atoms with Gasteiger partial charge in [0.2, 0.25) is 5.43 Å². The van der Waals surface area contributed by atoms with Crippen molar-refractivity contribution in [1.29, 1.82) is 0 Å². The van der Waals surface area contributed by atoms with E-state index in [0.29, 0.717) is 18.7 Å². The van der Waals surface area contributed by atoms with Crippen molar-refractivity contribution < 1.29 is 51.9 Å². The highest BCUT2D eigenvalue weighted by molar-refractivity contribution is 8.00. The minimum absolute atomic E-state index is 0.106. The molecule has 2 atom stereocenters. The van der Waals surface area contributed by atoms with Gasteiger partial charge in [-0.3, -0.25) is 19.3 Å². The van der Waals surface area contributed by atoms with E-state index in [-0.39, 0.29) is 52.1 Å². The first kappa shape index (κ1) is 36.6. The predicted molar refractivity (Wildman–Crippen MR) is 184 cm³/mol. The smallest absolute Gasteiger partial charge is 0.352 e. The van der Waals surface area contributed by atoms with Gasteiger partial charge in [-0.05, 0) is 6.07 Å². The summed E-state index contributed by atoms with van der Waals surface area (Å²) >= 11 is 2.35. The third-order valence-electron chi connectivity index (χ3n) is 9.19. The quantitative estimate of drug-likeness (QED) is 0.0935. The van der Waals surface area contributed by atoms with Crippen molar-refractivity contribution >= 4 is 74.3 Å². The number of nitrogen functional groups attached to an aromatic ring is 1. The van der Waals surface area contributed by atoms with Crippen LogP contribution in [0, 0.1) is 11.6 Å². The van der Waals surface area contributed by atoms with Crippen molar-refractivity contribution in [2.45, 2.75) is 18.0 Å². The van der Waals surface area contributed by atoms with Crippen LogP contribution in [0.15, 0.2) is 38.9 Å². The van der Waals surface area contributed by atoms with Crippen LogP contribution in [-0.4, -0.2) is 129 Å². The molecule has 276 valence electrons. The largest absolute Gasteiger partial charge is 0.477 e. The maximum Gasteiger partial charge on any atom is 0.352 e. The van der Waals surface area contributed by atoms with Gasteiger partial charge in [0, 0.05) is 22.9 Å². The first-order valence-corrected chi connectivity index (χ1v) is 17.6. The van der Waals surface area contributed by atoms with Crippen LogP contribution in [0.3, 0.4) is 0 Å². The van der Waals surface area contributed by atoms with E-state index in [0.717, 1.165) is 33.1 Å². The first-order chi connectivity index (χ1) is 24.7. The summed E-state index contributed by atoms with van der Waals surface area (Å²) in [7, 11) is 3.09. The number of aromatic carboxylic acids is 1. The molecule has 0 aliphatic carbocycles. The van der Waals surface area contributed by atoms with Crippen LogP contribution >= 0.6 is 23.1 Å². The molecule has 5 heterocycles. The van der Waals surface area contributed by atoms with Gasteiger partial charge < -0.3 is 40.1 Å². The number of hydrogen-bond acceptors (Lipinski definition) is 12. The van der Waals surface area contributed by atoms with Crippen LogP contribution < -0.4 is 21.4 Å². The van der Waals surface area contributed by atoms with Crippen LogP contribution in [-0.2, 0) is 25.8 Å². The lowest BCUT2D eigenvalue weighted by atomic mass is 10.0. The van der Waals surface area contributed by atoms with Gasteiger partial charge in [-0.15, -0.1) is 23.1 Å². The zero-order chi connectivity index (χ0) is 37.6. The van der Waals surface area contributed by atoms with Crippen LogP contribution in [0.25, 0.3) is 10.9 Å². The van der Waals surface area contributed by atoms with E-state index >= 15 is 8.78 Å². The topological polar surface area (TPSA) is 210 Å². The second-order valence-electron chi connectivity index (χ2n) is 12.5. The maximum atomic E-state index is 16.0. The number of piperazine rings is 1. The highest BCUT2D eigenvalue weighted by atomic mass is 32.2. The highest BCUT2D eigenvalue weighted by Gasteiger charge is 2.55. The Hall–Kier alpha value is -5.15. The number of benzene rings is 1. The average molecular weight is 766 g/mol. The minimum Gasteiger partial charge on any atom is -0.477 e. The summed E-state index contributed by atoms with van der Waals surface area (Å²) in [4.78, 5) is 74.7. The molecular weight excluding hydrogens is 734 g/mol. The molecule has 6 rings (SSSR count). The fraction of sp³-hybridized carbons (Fsp3) is 0.387. The van der Waals surface area contributed by atoms with Gasteiger partial charge >= 0.3 is 11.9 Å². The number of carboxylic acids is 2. The van der Waals surface area contributed by atoms with E-state index in [2.05, 4.69) is 15.5 Å². The van der Waals surface area contributed by atoms with E-state index in [4.69, 9.17) is 10.6 Å². The summed E-state index contributed by atoms with van der Waals surface area (Å²) in [5.41, 5.74) is 3.17. The van der Waals surface area contributed by atoms with Crippen molar-refractivity contribution in [2.75, 3.05) is 69.9 Å². The number of oxime groups is 1. The Morgan fingerprint density at radius 1 is 1.19 bits per heavy atom. The third-order valence-corrected chi connectivity index (χ3v) is 11.2. The number of alkyl halides is 1. The minimum atomic E-state index is -1.61. The van der Waals surface area contributed by atoms with E-state index in [1.807, 2.05) is 7.05 Å². The molecule has 52 heavy (non-hydrogen) atoms. The molecule has 2 aromatic heterocycles. The second kappa shape index (κ2) is 14.1. The van der Waals surface area contributed by atoms with Gasteiger partial charge in [0.05, 0.1) is 50.7 Å². The number of nitrogens with two attached hydrogens (primary N) is 1. The van der Waals surface area contributed by atoms with Gasteiger partial charge in [0.15, 0.2) is 16.7 Å². The summed E-state index contributed by atoms with van der Waals surface area (Å²) in [6.45, 7) is -0.461. The van der Waals surface area contributed by atoms with E-state index in [1.165, 1.54) is 29.2 Å². The van der Waals surface area contributed by atoms with Gasteiger partial charge in [-0.2, -0.15) is 0 Å². The number of likely N-dealkylation sites (N-methyl/N-ethyl adjacent to an activating group) is 1. The molecule has 2 saturated heterocycles. The highest BCUT2D eigenvalue weighted by Crippen LogP contribution is 2.41. The lowest BCUT2D eigenvalue weighted by molar-refractivity contribution is -0.905. The Kier molecular flexibility index (Phi) is 9.94. The predicted octanol–water partition coefficient (Wildman–Crippen LogP) is 1.04. The number of aliphatic carboxylic acids is 1. The molecule has 2 fully saturated rings. The summed E-state index contributed by atoms with van der Waals surface area (Å²) in [6, 6.07) is -0.289. The molecule has 21 heteroatoms. The van der Waals surface area contributed by atoms with Crippen molar-refractivity contribution in [2.24, 2.45) is 5.16 Å². The summed E-state index contributed by atoms with van der Waals surface area (Å²) in [5, 5.41) is 26.4. The number of carbonyl (C=O) groups is 4. The number of fused-ring (bicyclic) bond motifs is 2. The molecule has 3 aliphatic rings. The molecule has 0 radical (unpaired) electrons. The van der Waals surface area contributed by atoms with Gasteiger partial charge in [-0.1, -0.05) is 5.16 Å². The summed E-state index contributed by atoms with van der Waals surface area (Å²) < 4.78 is 46.1. The molecule has 3 aliphatic heterocycles. The average Bonchev–Trinajstić information content (AvgIpc) is 3.53. The number of thioether (sulfide) groups is 1. The van der Waals surface area contributed by atoms with Crippen LogP contribution in [0.4, 0.5) is 24.0 Å². The standard InChI is InChI=1S/C31H31F3N8O8S2/c1-42(7-5-39(6-8-42)24-17(33)9-15-23(19(24)34)40(4-3-32)10-16(25(15)43)29(46)47)11-14-12-51-28-21(27(45)41(28)22(14)30(48)49)37-26(44)20(38-50-2)18-13-52-31(35)36-18/h9-10,13,21,28H,3-8,11-12H2,1-2H3,(H4-,35,36,37,44,46,47,48,49)/p+1/b38-20-/t21-,28-/m1/s1. The molecule has 5 N–H and O–H groups in total. The molecule has 0 unspecified atom stereocenters. The number of β-lactam (4-membered cyclic amide) rings is 1. The Morgan fingerprint density at radius 3 is 2.50 bits per heavy atom. The lowest BCUT2D eigenvalue weighted by Gasteiger charge is -2.50. The zero-order valence-electron chi connectivity index (χ0n) is 27.6. The van der Waals surface area contributed by atoms with Crippen molar-refractivity contribution in [3.05, 3.63) is 62.0 Å². The van der Waals surface area contributed by atoms with Gasteiger partial charge in [0.1, 0.15) is 60.2 Å². The fourth-order valence-electron chi connectivity index (χ4n) is 6.68. The number of quaternary nitrogens is 1. The molecular formula is C31H32F3N8O8S2+. The number of nitrogens with one attached hydrogen (secondary N) is 1. The number of carboxylic acid groups (broad SMARTS) is 2. The Balaban J connectivity index is 1.19. The monoisotopic (exact) mass is 765 g/mol. The maximum absolute atomic E-state index is 16.0. The van der Waals surface area contributed by atoms with Crippen LogP contribution in [0.1, 0.15) is 16.1 Å². The number of halogens is 3. The van der Waals surface area contributed by atoms with Gasteiger partial charge in [0.25, 0.3) is 11.8 Å². The number of amides is 2.